The smallest absolute Gasteiger partial charge is 0.137 e. The molecule has 4 rings (SSSR count). The first-order valence-electron chi connectivity index (χ1n) is 7.99. The Morgan fingerprint density at radius 1 is 0.875 bits per heavy atom. The van der Waals surface area contributed by atoms with Crippen molar-refractivity contribution in [2.45, 2.75) is 6.42 Å². The highest BCUT2D eigenvalue weighted by molar-refractivity contribution is 5.67. The zero-order valence-corrected chi connectivity index (χ0v) is 13.5. The number of hydrogen-bond donors (Lipinski definition) is 0. The van der Waals surface area contributed by atoms with Gasteiger partial charge in [-0.3, -0.25) is 0 Å². The molecule has 0 aliphatic carbocycles. The van der Waals surface area contributed by atoms with Gasteiger partial charge in [-0.15, -0.1) is 0 Å². The second-order valence-corrected chi connectivity index (χ2v) is 5.73. The van der Waals surface area contributed by atoms with Gasteiger partial charge in [0.2, 0.25) is 0 Å². The first kappa shape index (κ1) is 14.5. The van der Waals surface area contributed by atoms with Crippen LogP contribution in [0.4, 0.5) is 0 Å². The lowest BCUT2D eigenvalue weighted by molar-refractivity contribution is 0.414. The van der Waals surface area contributed by atoms with Gasteiger partial charge in [0.1, 0.15) is 11.4 Å². The van der Waals surface area contributed by atoms with Crippen LogP contribution in [-0.4, -0.2) is 16.5 Å². The molecule has 0 spiro atoms. The van der Waals surface area contributed by atoms with Crippen molar-refractivity contribution in [3.8, 4) is 17.0 Å². The third-order valence-corrected chi connectivity index (χ3v) is 4.21. The van der Waals surface area contributed by atoms with E-state index in [4.69, 9.17) is 9.72 Å². The maximum atomic E-state index is 5.25. The van der Waals surface area contributed by atoms with E-state index in [9.17, 15) is 0 Å². The fraction of sp³-hybridized carbons (Fsp3) is 0.0952. The van der Waals surface area contributed by atoms with Crippen LogP contribution in [-0.2, 0) is 6.42 Å². The molecule has 0 N–H and O–H groups in total. The summed E-state index contributed by atoms with van der Waals surface area (Å²) in [6.07, 6.45) is 2.90. The number of hydrogen-bond acceptors (Lipinski definition) is 2. The fourth-order valence-corrected chi connectivity index (χ4v) is 2.98. The minimum absolute atomic E-state index is 0.819. The molecule has 24 heavy (non-hydrogen) atoms. The van der Waals surface area contributed by atoms with Crippen molar-refractivity contribution in [3.63, 3.8) is 0 Å². The van der Waals surface area contributed by atoms with E-state index in [-0.39, 0.29) is 0 Å². The fourth-order valence-electron chi connectivity index (χ4n) is 2.98. The summed E-state index contributed by atoms with van der Waals surface area (Å²) in [7, 11) is 1.69. The zero-order valence-electron chi connectivity index (χ0n) is 13.5. The van der Waals surface area contributed by atoms with Crippen LogP contribution in [0.25, 0.3) is 16.9 Å². The van der Waals surface area contributed by atoms with E-state index >= 15 is 0 Å². The van der Waals surface area contributed by atoms with Gasteiger partial charge in [0.15, 0.2) is 0 Å². The Balaban J connectivity index is 1.83. The van der Waals surface area contributed by atoms with Crippen LogP contribution < -0.4 is 4.74 Å². The van der Waals surface area contributed by atoms with E-state index in [1.165, 1.54) is 11.3 Å². The number of aromatic nitrogens is 2. The molecular formula is C21H18N2O. The van der Waals surface area contributed by atoms with Gasteiger partial charge in [-0.2, -0.15) is 0 Å². The van der Waals surface area contributed by atoms with Gasteiger partial charge in [-0.1, -0.05) is 48.5 Å². The summed E-state index contributed by atoms with van der Waals surface area (Å²) in [6, 6.07) is 24.7. The summed E-state index contributed by atoms with van der Waals surface area (Å²) >= 11 is 0. The highest BCUT2D eigenvalue weighted by Gasteiger charge is 2.14. The second kappa shape index (κ2) is 6.20. The van der Waals surface area contributed by atoms with Crippen LogP contribution >= 0.6 is 0 Å². The van der Waals surface area contributed by atoms with Crippen LogP contribution in [0, 0.1) is 0 Å². The van der Waals surface area contributed by atoms with Gasteiger partial charge in [0, 0.05) is 18.2 Å². The van der Waals surface area contributed by atoms with Gasteiger partial charge >= 0.3 is 0 Å². The third kappa shape index (κ3) is 2.65. The predicted octanol–water partition coefficient (Wildman–Crippen LogP) is 4.60. The van der Waals surface area contributed by atoms with Crippen molar-refractivity contribution in [2.75, 3.05) is 7.11 Å². The van der Waals surface area contributed by atoms with Crippen molar-refractivity contribution in [1.29, 1.82) is 0 Å². The molecule has 0 amide bonds. The van der Waals surface area contributed by atoms with E-state index in [0.717, 1.165) is 29.1 Å². The number of rotatable bonds is 4. The SMILES string of the molecule is COc1ccc(Cc2c(-c3ccccc3)nc3ccccn23)cc1. The Hall–Kier alpha value is -3.07. The largest absolute Gasteiger partial charge is 0.497 e. The Labute approximate surface area is 141 Å². The number of methoxy groups -OCH3 is 1. The number of nitrogens with zero attached hydrogens (tertiary/aromatic N) is 2. The molecule has 3 nitrogen and oxygen atoms in total. The molecular weight excluding hydrogens is 296 g/mol. The summed E-state index contributed by atoms with van der Waals surface area (Å²) < 4.78 is 7.42. The van der Waals surface area contributed by atoms with Crippen molar-refractivity contribution in [1.82, 2.24) is 9.38 Å². The summed E-state index contributed by atoms with van der Waals surface area (Å²) in [5, 5.41) is 0. The van der Waals surface area contributed by atoms with E-state index in [0.29, 0.717) is 0 Å². The van der Waals surface area contributed by atoms with E-state index in [1.807, 2.05) is 36.4 Å². The molecule has 0 saturated carbocycles. The molecule has 118 valence electrons. The molecule has 0 saturated heterocycles. The van der Waals surface area contributed by atoms with Crippen molar-refractivity contribution >= 4 is 5.65 Å². The summed E-state index contributed by atoms with van der Waals surface area (Å²) in [5.41, 5.74) is 5.59. The molecule has 0 bridgehead atoms. The van der Waals surface area contributed by atoms with Gasteiger partial charge in [-0.05, 0) is 29.8 Å². The Morgan fingerprint density at radius 3 is 2.38 bits per heavy atom. The first-order chi connectivity index (χ1) is 11.8. The summed E-state index contributed by atoms with van der Waals surface area (Å²) in [5.74, 6) is 0.875. The number of imidazole rings is 1. The number of ether oxygens (including phenoxy) is 1. The molecule has 0 fully saturated rings. The summed E-state index contributed by atoms with van der Waals surface area (Å²) in [6.45, 7) is 0. The molecule has 2 heterocycles. The maximum Gasteiger partial charge on any atom is 0.137 e. The highest BCUT2D eigenvalue weighted by atomic mass is 16.5. The van der Waals surface area contributed by atoms with E-state index in [2.05, 4.69) is 47.0 Å². The molecule has 4 aromatic rings. The van der Waals surface area contributed by atoms with Gasteiger partial charge < -0.3 is 9.14 Å². The lowest BCUT2D eigenvalue weighted by Gasteiger charge is -2.07. The number of benzene rings is 2. The number of fused-ring (bicyclic) bond motifs is 1. The molecule has 0 unspecified atom stereocenters. The van der Waals surface area contributed by atoms with Crippen LogP contribution in [0.1, 0.15) is 11.3 Å². The molecule has 0 radical (unpaired) electrons. The van der Waals surface area contributed by atoms with E-state index < -0.39 is 0 Å². The van der Waals surface area contributed by atoms with Crippen LogP contribution in [0.5, 0.6) is 5.75 Å². The minimum Gasteiger partial charge on any atom is -0.497 e. The Bertz CT molecular complexity index is 956. The van der Waals surface area contributed by atoms with Crippen molar-refractivity contribution in [3.05, 3.63) is 90.3 Å². The van der Waals surface area contributed by atoms with Gasteiger partial charge in [-0.25, -0.2) is 4.98 Å². The quantitative estimate of drug-likeness (QED) is 0.550. The molecule has 3 heteroatoms. The number of pyridine rings is 1. The Morgan fingerprint density at radius 2 is 1.62 bits per heavy atom. The van der Waals surface area contributed by atoms with Crippen molar-refractivity contribution in [2.24, 2.45) is 0 Å². The third-order valence-electron chi connectivity index (χ3n) is 4.21. The second-order valence-electron chi connectivity index (χ2n) is 5.73. The predicted molar refractivity (Wildman–Crippen MR) is 96.4 cm³/mol. The monoisotopic (exact) mass is 314 g/mol. The van der Waals surface area contributed by atoms with Crippen LogP contribution in [0.3, 0.4) is 0 Å². The lowest BCUT2D eigenvalue weighted by atomic mass is 10.0. The molecule has 0 atom stereocenters. The van der Waals surface area contributed by atoms with Crippen LogP contribution in [0.15, 0.2) is 79.0 Å². The normalized spacial score (nSPS) is 10.9. The molecule has 2 aromatic carbocycles. The minimum atomic E-state index is 0.819. The highest BCUT2D eigenvalue weighted by Crippen LogP contribution is 2.26. The first-order valence-corrected chi connectivity index (χ1v) is 7.99. The maximum absolute atomic E-state index is 5.25. The summed E-state index contributed by atoms with van der Waals surface area (Å²) in [4.78, 5) is 4.85. The molecule has 2 aromatic heterocycles. The average molecular weight is 314 g/mol. The lowest BCUT2D eigenvalue weighted by Crippen LogP contribution is -1.96. The molecule has 0 aliphatic rings. The van der Waals surface area contributed by atoms with Crippen molar-refractivity contribution < 1.29 is 4.74 Å². The Kier molecular flexibility index (Phi) is 3.75. The molecule has 0 aliphatic heterocycles. The van der Waals surface area contributed by atoms with Gasteiger partial charge in [0.05, 0.1) is 18.5 Å². The standard InChI is InChI=1S/C21H18N2O/c1-24-18-12-10-16(11-13-18)15-19-21(17-7-3-2-4-8-17)22-20-9-5-6-14-23(19)20/h2-14H,15H2,1H3. The topological polar surface area (TPSA) is 26.5 Å². The zero-order chi connectivity index (χ0) is 16.4. The van der Waals surface area contributed by atoms with Crippen LogP contribution in [0.2, 0.25) is 0 Å². The van der Waals surface area contributed by atoms with E-state index in [1.54, 1.807) is 7.11 Å². The average Bonchev–Trinajstić information content (AvgIpc) is 3.02. The van der Waals surface area contributed by atoms with Gasteiger partial charge in [0.25, 0.3) is 0 Å².